The van der Waals surface area contributed by atoms with Gasteiger partial charge in [0.05, 0.1) is 11.9 Å². The largest absolute Gasteiger partial charge is 0.397 e. The third-order valence-electron chi connectivity index (χ3n) is 4.16. The molecule has 3 N–H and O–H groups in total. The fraction of sp³-hybridized carbons (Fsp3) is 0.667. The summed E-state index contributed by atoms with van der Waals surface area (Å²) < 4.78 is 0. The highest BCUT2D eigenvalue weighted by atomic mass is 15.0. The molecule has 0 aromatic carbocycles. The van der Waals surface area contributed by atoms with Crippen LogP contribution in [-0.2, 0) is 0 Å². The third-order valence-corrected chi connectivity index (χ3v) is 4.16. The lowest BCUT2D eigenvalue weighted by molar-refractivity contribution is 0.253. The van der Waals surface area contributed by atoms with Crippen LogP contribution in [0.15, 0.2) is 12.3 Å². The van der Waals surface area contributed by atoms with E-state index in [1.807, 2.05) is 6.92 Å². The molecule has 0 aliphatic heterocycles. The second-order valence-electron chi connectivity index (χ2n) is 5.87. The van der Waals surface area contributed by atoms with Crippen LogP contribution in [-0.4, -0.2) is 11.0 Å². The Bertz CT molecular complexity index is 401. The first-order chi connectivity index (χ1) is 8.58. The van der Waals surface area contributed by atoms with Gasteiger partial charge >= 0.3 is 0 Å². The highest BCUT2D eigenvalue weighted by molar-refractivity contribution is 5.51. The zero-order valence-corrected chi connectivity index (χ0v) is 11.7. The van der Waals surface area contributed by atoms with Gasteiger partial charge in [-0.3, -0.25) is 0 Å². The number of hydrogen-bond acceptors (Lipinski definition) is 3. The van der Waals surface area contributed by atoms with Gasteiger partial charge in [0.2, 0.25) is 0 Å². The molecule has 3 heteroatoms. The first-order valence-corrected chi connectivity index (χ1v) is 7.06. The molecule has 18 heavy (non-hydrogen) atoms. The molecule has 0 saturated heterocycles. The van der Waals surface area contributed by atoms with Gasteiger partial charge in [0.1, 0.15) is 5.82 Å². The van der Waals surface area contributed by atoms with E-state index < -0.39 is 0 Å². The Balaban J connectivity index is 2.08. The van der Waals surface area contributed by atoms with E-state index in [-0.39, 0.29) is 0 Å². The summed E-state index contributed by atoms with van der Waals surface area (Å²) in [6.45, 7) is 6.68. The van der Waals surface area contributed by atoms with Crippen LogP contribution in [0.2, 0.25) is 0 Å². The lowest BCUT2D eigenvalue weighted by atomic mass is 9.78. The number of nitrogens with two attached hydrogens (primary N) is 1. The lowest BCUT2D eigenvalue weighted by Crippen LogP contribution is -2.35. The number of hydrogen-bond donors (Lipinski definition) is 2. The van der Waals surface area contributed by atoms with Crippen molar-refractivity contribution in [3.05, 3.63) is 17.8 Å². The van der Waals surface area contributed by atoms with Crippen LogP contribution in [0, 0.1) is 18.8 Å². The van der Waals surface area contributed by atoms with Crippen molar-refractivity contribution in [2.75, 3.05) is 11.1 Å². The molecule has 1 fully saturated rings. The Morgan fingerprint density at radius 2 is 2.06 bits per heavy atom. The Hall–Kier alpha value is -1.25. The van der Waals surface area contributed by atoms with Crippen molar-refractivity contribution in [1.82, 2.24) is 4.98 Å². The van der Waals surface area contributed by atoms with Crippen molar-refractivity contribution < 1.29 is 0 Å². The third kappa shape index (κ3) is 2.95. The normalized spacial score (nSPS) is 24.2. The minimum absolute atomic E-state index is 0.564. The van der Waals surface area contributed by atoms with E-state index in [9.17, 15) is 0 Å². The van der Waals surface area contributed by atoms with Gasteiger partial charge in [-0.05, 0) is 43.2 Å². The molecule has 1 aliphatic carbocycles. The van der Waals surface area contributed by atoms with E-state index in [1.54, 1.807) is 6.20 Å². The number of rotatable bonds is 3. The van der Waals surface area contributed by atoms with Crippen LogP contribution < -0.4 is 11.1 Å². The smallest absolute Gasteiger partial charge is 0.126 e. The number of aryl methyl sites for hydroxylation is 1. The van der Waals surface area contributed by atoms with Gasteiger partial charge in [-0.2, -0.15) is 0 Å². The molecule has 2 atom stereocenters. The predicted octanol–water partition coefficient (Wildman–Crippen LogP) is 3.60. The van der Waals surface area contributed by atoms with Crippen LogP contribution in [0.1, 0.15) is 45.1 Å². The maximum Gasteiger partial charge on any atom is 0.126 e. The molecule has 0 radical (unpaired) electrons. The van der Waals surface area contributed by atoms with Crippen LogP contribution in [0.4, 0.5) is 11.5 Å². The monoisotopic (exact) mass is 247 g/mol. The highest BCUT2D eigenvalue weighted by Crippen LogP contribution is 2.32. The Morgan fingerprint density at radius 1 is 1.33 bits per heavy atom. The Morgan fingerprint density at radius 3 is 2.72 bits per heavy atom. The predicted molar refractivity (Wildman–Crippen MR) is 77.6 cm³/mol. The number of anilines is 2. The van der Waals surface area contributed by atoms with Crippen LogP contribution in [0.5, 0.6) is 0 Å². The number of nitrogen functional groups attached to an aromatic ring is 1. The van der Waals surface area contributed by atoms with Crippen LogP contribution >= 0.6 is 0 Å². The van der Waals surface area contributed by atoms with E-state index in [1.165, 1.54) is 25.7 Å². The average molecular weight is 247 g/mol. The molecule has 0 bridgehead atoms. The standard InChI is InChI=1S/C15H25N3/c1-10(2)12-6-4-5-7-14(12)18-15-8-11(3)13(16)9-17-15/h8-10,12,14H,4-7,16H2,1-3H3,(H,17,18). The Labute approximate surface area is 110 Å². The number of nitrogens with one attached hydrogen (secondary N) is 1. The van der Waals surface area contributed by atoms with Crippen molar-refractivity contribution in [2.45, 2.75) is 52.5 Å². The lowest BCUT2D eigenvalue weighted by Gasteiger charge is -2.35. The molecule has 1 aromatic heterocycles. The second kappa shape index (κ2) is 5.59. The van der Waals surface area contributed by atoms with Crippen molar-refractivity contribution in [3.8, 4) is 0 Å². The quantitative estimate of drug-likeness (QED) is 0.858. The Kier molecular flexibility index (Phi) is 4.10. The molecule has 1 aromatic rings. The molecule has 0 spiro atoms. The van der Waals surface area contributed by atoms with Crippen molar-refractivity contribution in [3.63, 3.8) is 0 Å². The van der Waals surface area contributed by atoms with E-state index >= 15 is 0 Å². The van der Waals surface area contributed by atoms with E-state index in [4.69, 9.17) is 5.73 Å². The van der Waals surface area contributed by atoms with Crippen molar-refractivity contribution >= 4 is 11.5 Å². The van der Waals surface area contributed by atoms with Gasteiger partial charge in [0.25, 0.3) is 0 Å². The topological polar surface area (TPSA) is 50.9 Å². The van der Waals surface area contributed by atoms with Crippen molar-refractivity contribution in [1.29, 1.82) is 0 Å². The summed E-state index contributed by atoms with van der Waals surface area (Å²) in [4.78, 5) is 4.39. The molecule has 3 nitrogen and oxygen atoms in total. The molecular weight excluding hydrogens is 222 g/mol. The summed E-state index contributed by atoms with van der Waals surface area (Å²) in [5.74, 6) is 2.47. The summed E-state index contributed by atoms with van der Waals surface area (Å²) in [5.41, 5.74) is 7.68. The van der Waals surface area contributed by atoms with Gasteiger partial charge in [-0.1, -0.05) is 26.7 Å². The molecule has 1 heterocycles. The molecule has 1 saturated carbocycles. The SMILES string of the molecule is Cc1cc(NC2CCCCC2C(C)C)ncc1N. The maximum absolute atomic E-state index is 5.81. The zero-order valence-electron chi connectivity index (χ0n) is 11.7. The molecule has 0 amide bonds. The van der Waals surface area contributed by atoms with Gasteiger partial charge in [-0.15, -0.1) is 0 Å². The summed E-state index contributed by atoms with van der Waals surface area (Å²) in [7, 11) is 0. The second-order valence-corrected chi connectivity index (χ2v) is 5.87. The molecular formula is C15H25N3. The number of nitrogens with zero attached hydrogens (tertiary/aromatic N) is 1. The molecule has 1 aliphatic rings. The fourth-order valence-electron chi connectivity index (χ4n) is 2.97. The summed E-state index contributed by atoms with van der Waals surface area (Å²) in [6, 6.07) is 2.62. The van der Waals surface area contributed by atoms with E-state index in [2.05, 4.69) is 30.2 Å². The molecule has 2 rings (SSSR count). The number of pyridine rings is 1. The molecule has 100 valence electrons. The minimum Gasteiger partial charge on any atom is -0.397 e. The summed E-state index contributed by atoms with van der Waals surface area (Å²) in [5, 5.41) is 3.61. The van der Waals surface area contributed by atoms with Gasteiger partial charge in [0, 0.05) is 6.04 Å². The summed E-state index contributed by atoms with van der Waals surface area (Å²) in [6.07, 6.45) is 7.05. The number of aromatic nitrogens is 1. The van der Waals surface area contributed by atoms with Gasteiger partial charge in [-0.25, -0.2) is 4.98 Å². The van der Waals surface area contributed by atoms with Crippen LogP contribution in [0.25, 0.3) is 0 Å². The van der Waals surface area contributed by atoms with Gasteiger partial charge < -0.3 is 11.1 Å². The van der Waals surface area contributed by atoms with E-state index in [0.29, 0.717) is 6.04 Å². The average Bonchev–Trinajstić information content (AvgIpc) is 2.34. The highest BCUT2D eigenvalue weighted by Gasteiger charge is 2.27. The zero-order chi connectivity index (χ0) is 13.1. The first kappa shape index (κ1) is 13.2. The van der Waals surface area contributed by atoms with Crippen molar-refractivity contribution in [2.24, 2.45) is 11.8 Å². The summed E-state index contributed by atoms with van der Waals surface area (Å²) >= 11 is 0. The van der Waals surface area contributed by atoms with E-state index in [0.717, 1.165) is 28.9 Å². The van der Waals surface area contributed by atoms with Crippen LogP contribution in [0.3, 0.4) is 0 Å². The first-order valence-electron chi connectivity index (χ1n) is 7.06. The fourth-order valence-corrected chi connectivity index (χ4v) is 2.97. The maximum atomic E-state index is 5.81. The van der Waals surface area contributed by atoms with Gasteiger partial charge in [0.15, 0.2) is 0 Å². The minimum atomic E-state index is 0.564. The molecule has 2 unspecified atom stereocenters.